The fraction of sp³-hybridized carbons (Fsp3) is 0.533. The topological polar surface area (TPSA) is 29.9 Å². The van der Waals surface area contributed by atoms with Gasteiger partial charge in [0, 0.05) is 18.5 Å². The van der Waals surface area contributed by atoms with Crippen molar-refractivity contribution in [1.82, 2.24) is 15.1 Å². The maximum Gasteiger partial charge on any atom is 0.0705 e. The van der Waals surface area contributed by atoms with E-state index < -0.39 is 0 Å². The highest BCUT2D eigenvalue weighted by atomic mass is 15.3. The summed E-state index contributed by atoms with van der Waals surface area (Å²) in [5.74, 6) is 0.644. The second kappa shape index (κ2) is 5.53. The fourth-order valence-corrected chi connectivity index (χ4v) is 2.57. The maximum absolute atomic E-state index is 4.66. The van der Waals surface area contributed by atoms with Gasteiger partial charge in [0.2, 0.25) is 0 Å². The molecule has 3 heteroatoms. The number of hydrogen-bond acceptors (Lipinski definition) is 2. The second-order valence-corrected chi connectivity index (χ2v) is 5.32. The monoisotopic (exact) mass is 245 g/mol. The number of para-hydroxylation sites is 1. The van der Waals surface area contributed by atoms with Crippen LogP contribution in [-0.4, -0.2) is 22.9 Å². The SMILES string of the molecule is CNC(C)CC(C)Cc1nn(C)c2ccccc12. The van der Waals surface area contributed by atoms with E-state index in [1.807, 2.05) is 18.8 Å². The minimum atomic E-state index is 0.565. The molecule has 2 rings (SSSR count). The number of rotatable bonds is 5. The smallest absolute Gasteiger partial charge is 0.0705 e. The lowest BCUT2D eigenvalue weighted by molar-refractivity contribution is 0.437. The Hall–Kier alpha value is -1.35. The van der Waals surface area contributed by atoms with Crippen molar-refractivity contribution >= 4 is 10.9 Å². The summed E-state index contributed by atoms with van der Waals surface area (Å²) < 4.78 is 1.99. The van der Waals surface area contributed by atoms with Crippen LogP contribution in [0.2, 0.25) is 0 Å². The van der Waals surface area contributed by atoms with E-state index in [1.165, 1.54) is 23.0 Å². The first-order valence-electron chi connectivity index (χ1n) is 6.69. The molecule has 2 atom stereocenters. The summed E-state index contributed by atoms with van der Waals surface area (Å²) in [6.45, 7) is 4.53. The van der Waals surface area contributed by atoms with Gasteiger partial charge >= 0.3 is 0 Å². The van der Waals surface area contributed by atoms with Crippen LogP contribution < -0.4 is 5.32 Å². The van der Waals surface area contributed by atoms with Gasteiger partial charge in [-0.15, -0.1) is 0 Å². The number of aromatic nitrogens is 2. The molecule has 98 valence electrons. The summed E-state index contributed by atoms with van der Waals surface area (Å²) in [6.07, 6.45) is 2.23. The van der Waals surface area contributed by atoms with Crippen molar-refractivity contribution in [3.8, 4) is 0 Å². The number of hydrogen-bond donors (Lipinski definition) is 1. The molecule has 2 unspecified atom stereocenters. The average Bonchev–Trinajstić information content (AvgIpc) is 2.67. The van der Waals surface area contributed by atoms with Gasteiger partial charge < -0.3 is 5.32 Å². The number of nitrogens with zero attached hydrogens (tertiary/aromatic N) is 2. The van der Waals surface area contributed by atoms with Crippen molar-refractivity contribution in [3.05, 3.63) is 30.0 Å². The van der Waals surface area contributed by atoms with Gasteiger partial charge in [-0.3, -0.25) is 4.68 Å². The highest BCUT2D eigenvalue weighted by Gasteiger charge is 2.13. The summed E-state index contributed by atoms with van der Waals surface area (Å²) in [4.78, 5) is 0. The van der Waals surface area contributed by atoms with Crippen LogP contribution in [0.4, 0.5) is 0 Å². The number of fused-ring (bicyclic) bond motifs is 1. The third-order valence-corrected chi connectivity index (χ3v) is 3.62. The zero-order valence-electron chi connectivity index (χ0n) is 11.8. The molecular formula is C15H23N3. The minimum absolute atomic E-state index is 0.565. The largest absolute Gasteiger partial charge is 0.317 e. The van der Waals surface area contributed by atoms with E-state index in [1.54, 1.807) is 0 Å². The van der Waals surface area contributed by atoms with Gasteiger partial charge in [-0.25, -0.2) is 0 Å². The quantitative estimate of drug-likeness (QED) is 0.878. The average molecular weight is 245 g/mol. The zero-order chi connectivity index (χ0) is 13.1. The second-order valence-electron chi connectivity index (χ2n) is 5.32. The number of nitrogens with one attached hydrogen (secondary N) is 1. The Labute approximate surface area is 109 Å². The molecule has 0 fully saturated rings. The molecule has 0 saturated heterocycles. The maximum atomic E-state index is 4.66. The van der Waals surface area contributed by atoms with Gasteiger partial charge in [0.25, 0.3) is 0 Å². The Morgan fingerprint density at radius 3 is 2.72 bits per heavy atom. The van der Waals surface area contributed by atoms with Crippen LogP contribution in [-0.2, 0) is 13.5 Å². The van der Waals surface area contributed by atoms with Crippen LogP contribution >= 0.6 is 0 Å². The molecule has 1 aromatic carbocycles. The van der Waals surface area contributed by atoms with E-state index in [4.69, 9.17) is 0 Å². The highest BCUT2D eigenvalue weighted by Crippen LogP contribution is 2.21. The molecule has 1 heterocycles. The highest BCUT2D eigenvalue weighted by molar-refractivity contribution is 5.81. The minimum Gasteiger partial charge on any atom is -0.317 e. The van der Waals surface area contributed by atoms with Crippen molar-refractivity contribution in [2.45, 2.75) is 32.7 Å². The molecule has 2 aromatic rings. The molecule has 0 aliphatic carbocycles. The predicted octanol–water partition coefficient (Wildman–Crippen LogP) is 2.75. The van der Waals surface area contributed by atoms with Gasteiger partial charge in [0.15, 0.2) is 0 Å². The summed E-state index contributed by atoms with van der Waals surface area (Å²) in [5.41, 5.74) is 2.45. The van der Waals surface area contributed by atoms with E-state index >= 15 is 0 Å². The lowest BCUT2D eigenvalue weighted by atomic mass is 9.96. The molecule has 0 amide bonds. The van der Waals surface area contributed by atoms with Crippen molar-refractivity contribution in [1.29, 1.82) is 0 Å². The molecule has 3 nitrogen and oxygen atoms in total. The van der Waals surface area contributed by atoms with E-state index in [0.717, 1.165) is 6.42 Å². The van der Waals surface area contributed by atoms with Gasteiger partial charge in [0.05, 0.1) is 11.2 Å². The standard InChI is InChI=1S/C15H23N3/c1-11(9-12(2)16-3)10-14-13-7-5-6-8-15(13)18(4)17-14/h5-8,11-12,16H,9-10H2,1-4H3. The number of benzene rings is 1. The third-order valence-electron chi connectivity index (χ3n) is 3.62. The van der Waals surface area contributed by atoms with E-state index in [9.17, 15) is 0 Å². The normalized spacial score (nSPS) is 14.9. The van der Waals surface area contributed by atoms with Crippen LogP contribution in [0, 0.1) is 5.92 Å². The Morgan fingerprint density at radius 1 is 1.28 bits per heavy atom. The van der Waals surface area contributed by atoms with Crippen LogP contribution in [0.3, 0.4) is 0 Å². The lowest BCUT2D eigenvalue weighted by Gasteiger charge is -2.15. The van der Waals surface area contributed by atoms with Crippen molar-refractivity contribution < 1.29 is 0 Å². The fourth-order valence-electron chi connectivity index (χ4n) is 2.57. The molecule has 18 heavy (non-hydrogen) atoms. The molecule has 0 aliphatic rings. The molecule has 1 N–H and O–H groups in total. The Bertz CT molecular complexity index is 515. The Morgan fingerprint density at radius 2 is 2.00 bits per heavy atom. The molecular weight excluding hydrogens is 222 g/mol. The van der Waals surface area contributed by atoms with Crippen LogP contribution in [0.5, 0.6) is 0 Å². The van der Waals surface area contributed by atoms with Gasteiger partial charge in [0.1, 0.15) is 0 Å². The first kappa shape index (κ1) is 13.1. The van der Waals surface area contributed by atoms with E-state index in [2.05, 4.69) is 48.5 Å². The Kier molecular flexibility index (Phi) is 4.02. The van der Waals surface area contributed by atoms with Gasteiger partial charge in [-0.05, 0) is 38.8 Å². The van der Waals surface area contributed by atoms with Crippen molar-refractivity contribution in [3.63, 3.8) is 0 Å². The Balaban J connectivity index is 2.17. The first-order valence-corrected chi connectivity index (χ1v) is 6.69. The summed E-state index contributed by atoms with van der Waals surface area (Å²) in [5, 5.41) is 9.25. The molecule has 0 bridgehead atoms. The first-order chi connectivity index (χ1) is 8.61. The van der Waals surface area contributed by atoms with Gasteiger partial charge in [-0.2, -0.15) is 5.10 Å². The lowest BCUT2D eigenvalue weighted by Crippen LogP contribution is -2.24. The number of aryl methyl sites for hydroxylation is 1. The molecule has 0 radical (unpaired) electrons. The van der Waals surface area contributed by atoms with Crippen LogP contribution in [0.15, 0.2) is 24.3 Å². The molecule has 0 spiro atoms. The summed E-state index contributed by atoms with van der Waals surface area (Å²) in [6, 6.07) is 9.03. The molecule has 0 aliphatic heterocycles. The van der Waals surface area contributed by atoms with Gasteiger partial charge in [-0.1, -0.05) is 25.1 Å². The van der Waals surface area contributed by atoms with Crippen molar-refractivity contribution in [2.24, 2.45) is 13.0 Å². The summed E-state index contributed by atoms with van der Waals surface area (Å²) >= 11 is 0. The van der Waals surface area contributed by atoms with E-state index in [-0.39, 0.29) is 0 Å². The predicted molar refractivity (Wildman–Crippen MR) is 76.7 cm³/mol. The van der Waals surface area contributed by atoms with Crippen LogP contribution in [0.25, 0.3) is 10.9 Å². The zero-order valence-corrected chi connectivity index (χ0v) is 11.8. The third kappa shape index (κ3) is 2.72. The van der Waals surface area contributed by atoms with E-state index in [0.29, 0.717) is 12.0 Å². The van der Waals surface area contributed by atoms with Crippen molar-refractivity contribution in [2.75, 3.05) is 7.05 Å². The summed E-state index contributed by atoms with van der Waals surface area (Å²) in [7, 11) is 4.04. The van der Waals surface area contributed by atoms with Crippen LogP contribution in [0.1, 0.15) is 26.0 Å². The molecule has 0 saturated carbocycles. The molecule has 1 aromatic heterocycles.